The summed E-state index contributed by atoms with van der Waals surface area (Å²) in [5, 5.41) is 5.80. The predicted molar refractivity (Wildman–Crippen MR) is 111 cm³/mol. The molecule has 27 heavy (non-hydrogen) atoms. The molecule has 0 unspecified atom stereocenters. The average Bonchev–Trinajstić information content (AvgIpc) is 3.21. The van der Waals surface area contributed by atoms with Gasteiger partial charge in [-0.3, -0.25) is 9.59 Å². The van der Waals surface area contributed by atoms with Gasteiger partial charge in [0.05, 0.1) is 23.1 Å². The van der Waals surface area contributed by atoms with Gasteiger partial charge in [-0.1, -0.05) is 29.3 Å². The van der Waals surface area contributed by atoms with Crippen molar-refractivity contribution in [3.05, 3.63) is 50.6 Å². The molecule has 0 bridgehead atoms. The Morgan fingerprint density at radius 3 is 2.67 bits per heavy atom. The van der Waals surface area contributed by atoms with Crippen LogP contribution in [0.2, 0.25) is 10.0 Å². The van der Waals surface area contributed by atoms with Crippen molar-refractivity contribution in [2.45, 2.75) is 12.6 Å². The number of piperazine rings is 1. The van der Waals surface area contributed by atoms with E-state index < -0.39 is 6.04 Å². The van der Waals surface area contributed by atoms with Crippen molar-refractivity contribution in [1.29, 1.82) is 0 Å². The number of thiophene rings is 1. The first kappa shape index (κ1) is 20.3. The summed E-state index contributed by atoms with van der Waals surface area (Å²) in [7, 11) is 0. The van der Waals surface area contributed by atoms with E-state index in [2.05, 4.69) is 5.32 Å². The maximum Gasteiger partial charge on any atom is 0.244 e. The van der Waals surface area contributed by atoms with Crippen molar-refractivity contribution >= 4 is 63.6 Å². The van der Waals surface area contributed by atoms with E-state index in [9.17, 15) is 9.59 Å². The van der Waals surface area contributed by atoms with E-state index in [1.165, 1.54) is 0 Å². The van der Waals surface area contributed by atoms with Gasteiger partial charge in [0.25, 0.3) is 0 Å². The molecule has 2 heterocycles. The molecule has 1 aromatic heterocycles. The molecular formula is C18H18Cl3N3O2S. The molecule has 2 aromatic rings. The van der Waals surface area contributed by atoms with Gasteiger partial charge in [-0.25, -0.2) is 0 Å². The minimum Gasteiger partial charge on any atom is -0.356 e. The van der Waals surface area contributed by atoms with Crippen LogP contribution in [0.1, 0.15) is 4.88 Å². The fourth-order valence-corrected chi connectivity index (χ4v) is 4.10. The zero-order chi connectivity index (χ0) is 19.4. The SMILES string of the molecule is O=C(NCc1cccs1)[C@@H]1CN(C(=O)CCl)CCN1c1ccc(Cl)c(Cl)c1. The summed E-state index contributed by atoms with van der Waals surface area (Å²) in [6, 6.07) is 8.63. The lowest BCUT2D eigenvalue weighted by atomic mass is 10.1. The van der Waals surface area contributed by atoms with Gasteiger partial charge < -0.3 is 15.1 Å². The number of amides is 2. The van der Waals surface area contributed by atoms with Gasteiger partial charge in [0.15, 0.2) is 0 Å². The molecule has 1 aromatic carbocycles. The molecule has 2 amide bonds. The smallest absolute Gasteiger partial charge is 0.244 e. The predicted octanol–water partition coefficient (Wildman–Crippen LogP) is 3.63. The van der Waals surface area contributed by atoms with Crippen LogP contribution in [0.25, 0.3) is 0 Å². The molecule has 0 saturated carbocycles. The Balaban J connectivity index is 1.80. The van der Waals surface area contributed by atoms with Crippen LogP contribution in [0.15, 0.2) is 35.7 Å². The number of nitrogens with one attached hydrogen (secondary N) is 1. The normalized spacial score (nSPS) is 17.1. The summed E-state index contributed by atoms with van der Waals surface area (Å²) in [6.45, 7) is 1.70. The Kier molecular flexibility index (Phi) is 6.87. The van der Waals surface area contributed by atoms with E-state index >= 15 is 0 Å². The topological polar surface area (TPSA) is 52.7 Å². The molecule has 1 atom stereocenters. The van der Waals surface area contributed by atoms with Gasteiger partial charge in [0.1, 0.15) is 11.9 Å². The van der Waals surface area contributed by atoms with Crippen LogP contribution in [0.3, 0.4) is 0 Å². The number of hydrogen-bond acceptors (Lipinski definition) is 4. The van der Waals surface area contributed by atoms with E-state index in [1.807, 2.05) is 28.5 Å². The van der Waals surface area contributed by atoms with Gasteiger partial charge in [-0.15, -0.1) is 22.9 Å². The van der Waals surface area contributed by atoms with Crippen LogP contribution in [-0.4, -0.2) is 48.3 Å². The Bertz CT molecular complexity index is 816. The second kappa shape index (κ2) is 9.15. The second-order valence-electron chi connectivity index (χ2n) is 6.08. The van der Waals surface area contributed by atoms with Crippen molar-refractivity contribution in [3.8, 4) is 0 Å². The number of halogens is 3. The zero-order valence-corrected chi connectivity index (χ0v) is 17.4. The van der Waals surface area contributed by atoms with Crippen LogP contribution in [-0.2, 0) is 16.1 Å². The first-order chi connectivity index (χ1) is 13.0. The molecule has 1 N–H and O–H groups in total. The molecule has 144 valence electrons. The summed E-state index contributed by atoms with van der Waals surface area (Å²) in [5.74, 6) is -0.431. The van der Waals surface area contributed by atoms with Gasteiger partial charge in [-0.2, -0.15) is 0 Å². The van der Waals surface area contributed by atoms with Gasteiger partial charge in [0.2, 0.25) is 11.8 Å². The molecule has 9 heteroatoms. The molecule has 0 aliphatic carbocycles. The minimum absolute atomic E-state index is 0.101. The molecular weight excluding hydrogens is 429 g/mol. The Morgan fingerprint density at radius 2 is 2.00 bits per heavy atom. The summed E-state index contributed by atoms with van der Waals surface area (Å²) < 4.78 is 0. The summed E-state index contributed by atoms with van der Waals surface area (Å²) in [6.07, 6.45) is 0. The molecule has 1 saturated heterocycles. The quantitative estimate of drug-likeness (QED) is 0.714. The van der Waals surface area contributed by atoms with Crippen molar-refractivity contribution in [3.63, 3.8) is 0 Å². The third-order valence-corrected chi connectivity index (χ3v) is 6.25. The average molecular weight is 447 g/mol. The first-order valence-electron chi connectivity index (χ1n) is 8.35. The number of hydrogen-bond donors (Lipinski definition) is 1. The van der Waals surface area contributed by atoms with Crippen LogP contribution in [0.5, 0.6) is 0 Å². The van der Waals surface area contributed by atoms with Crippen molar-refractivity contribution in [2.24, 2.45) is 0 Å². The number of anilines is 1. The van der Waals surface area contributed by atoms with Crippen LogP contribution in [0, 0.1) is 0 Å². The summed E-state index contributed by atoms with van der Waals surface area (Å²) in [4.78, 5) is 29.6. The fourth-order valence-electron chi connectivity index (χ4n) is 3.00. The number of alkyl halides is 1. The maximum absolute atomic E-state index is 12.9. The van der Waals surface area contributed by atoms with Crippen LogP contribution in [0.4, 0.5) is 5.69 Å². The highest BCUT2D eigenvalue weighted by Crippen LogP contribution is 2.29. The number of rotatable bonds is 5. The molecule has 0 spiro atoms. The lowest BCUT2D eigenvalue weighted by Crippen LogP contribution is -2.60. The van der Waals surface area contributed by atoms with E-state index in [0.717, 1.165) is 10.6 Å². The highest BCUT2D eigenvalue weighted by Gasteiger charge is 2.34. The Morgan fingerprint density at radius 1 is 1.19 bits per heavy atom. The standard InChI is InChI=1S/C18H18Cl3N3O2S/c19-9-17(25)23-5-6-24(12-3-4-14(20)15(21)8-12)16(11-23)18(26)22-10-13-2-1-7-27-13/h1-4,7-8,16H,5-6,9-11H2,(H,22,26)/t16-/m0/s1. The number of benzene rings is 1. The third-order valence-electron chi connectivity index (χ3n) is 4.40. The first-order valence-corrected chi connectivity index (χ1v) is 10.5. The molecule has 5 nitrogen and oxygen atoms in total. The summed E-state index contributed by atoms with van der Waals surface area (Å²) >= 11 is 19.4. The Hall–Kier alpha value is -1.47. The van der Waals surface area contributed by atoms with E-state index in [0.29, 0.717) is 29.7 Å². The zero-order valence-electron chi connectivity index (χ0n) is 14.3. The molecule has 3 rings (SSSR count). The highest BCUT2D eigenvalue weighted by atomic mass is 35.5. The van der Waals surface area contributed by atoms with Crippen LogP contribution < -0.4 is 10.2 Å². The fraction of sp³-hybridized carbons (Fsp3) is 0.333. The third kappa shape index (κ3) is 4.88. The van der Waals surface area contributed by atoms with E-state index in [-0.39, 0.29) is 24.2 Å². The van der Waals surface area contributed by atoms with Gasteiger partial charge >= 0.3 is 0 Å². The largest absolute Gasteiger partial charge is 0.356 e. The monoisotopic (exact) mass is 445 g/mol. The van der Waals surface area contributed by atoms with E-state index in [4.69, 9.17) is 34.8 Å². The molecule has 0 radical (unpaired) electrons. The van der Waals surface area contributed by atoms with Crippen LogP contribution >= 0.6 is 46.1 Å². The minimum atomic E-state index is -0.539. The molecule has 1 aliphatic rings. The van der Waals surface area contributed by atoms with Crippen molar-refractivity contribution in [2.75, 3.05) is 30.4 Å². The maximum atomic E-state index is 12.9. The van der Waals surface area contributed by atoms with Crippen molar-refractivity contribution in [1.82, 2.24) is 10.2 Å². The lowest BCUT2D eigenvalue weighted by Gasteiger charge is -2.41. The number of nitrogens with zero attached hydrogens (tertiary/aromatic N) is 2. The van der Waals surface area contributed by atoms with Crippen molar-refractivity contribution < 1.29 is 9.59 Å². The highest BCUT2D eigenvalue weighted by molar-refractivity contribution is 7.09. The Labute approximate surface area is 176 Å². The van der Waals surface area contributed by atoms with E-state index in [1.54, 1.807) is 28.4 Å². The summed E-state index contributed by atoms with van der Waals surface area (Å²) in [5.41, 5.74) is 0.790. The second-order valence-corrected chi connectivity index (χ2v) is 8.19. The van der Waals surface area contributed by atoms with Gasteiger partial charge in [-0.05, 0) is 29.6 Å². The number of carbonyl (C=O) groups is 2. The molecule has 1 aliphatic heterocycles. The van der Waals surface area contributed by atoms with Gasteiger partial charge in [0, 0.05) is 23.7 Å². The molecule has 1 fully saturated rings. The lowest BCUT2D eigenvalue weighted by molar-refractivity contribution is -0.131. The number of carbonyl (C=O) groups excluding carboxylic acids is 2.